The van der Waals surface area contributed by atoms with Crippen LogP contribution in [0.1, 0.15) is 245 Å². The number of ether oxygens (including phenoxy) is 3. The van der Waals surface area contributed by atoms with E-state index in [1.807, 2.05) is 0 Å². The standard InChI is InChI=1S/C68H108O6/c1-4-7-10-13-16-19-22-25-28-30-32-34-36-38-40-43-46-49-52-55-58-61-67(70)73-64-65(63-72-66(69)60-57-54-51-48-45-42-27-24-21-18-15-12-9-6-3)74-68(71)62-59-56-53-50-47-44-41-39-37-35-33-31-29-26-23-20-17-14-11-8-5-2/h7-8,10-11,15-20,24-29,32-35,38,40,46,49,65H,4-6,9,12-14,21-23,30-31,36-37,39,41-45,47-48,50-64H2,1-3H3/b10-7-,11-8-,18-15-,19-16-,20-17-,27-24-,28-25-,29-26-,34-32-,35-33-,40-38-,49-46-. The van der Waals surface area contributed by atoms with Crippen LogP contribution in [0.15, 0.2) is 146 Å². The van der Waals surface area contributed by atoms with Crippen molar-refractivity contribution >= 4 is 17.9 Å². The number of hydrogen-bond donors (Lipinski definition) is 0. The van der Waals surface area contributed by atoms with Crippen LogP contribution >= 0.6 is 0 Å². The first-order valence-electron chi connectivity index (χ1n) is 29.8. The third-order valence-corrected chi connectivity index (χ3v) is 12.1. The number of rotatable bonds is 52. The Kier molecular flexibility index (Phi) is 57.0. The molecule has 1 unspecified atom stereocenters. The van der Waals surface area contributed by atoms with Crippen LogP contribution in [0.3, 0.4) is 0 Å². The summed E-state index contributed by atoms with van der Waals surface area (Å²) in [5.74, 6) is -0.978. The topological polar surface area (TPSA) is 78.9 Å². The summed E-state index contributed by atoms with van der Waals surface area (Å²) in [7, 11) is 0. The van der Waals surface area contributed by atoms with Gasteiger partial charge in [-0.3, -0.25) is 14.4 Å². The van der Waals surface area contributed by atoms with E-state index in [1.165, 1.54) is 51.4 Å². The van der Waals surface area contributed by atoms with E-state index in [1.54, 1.807) is 0 Å². The molecule has 0 amide bonds. The maximum absolute atomic E-state index is 12.9. The number of carbonyl (C=O) groups excluding carboxylic acids is 3. The summed E-state index contributed by atoms with van der Waals surface area (Å²) in [5, 5.41) is 0. The molecule has 0 bridgehead atoms. The Hall–Kier alpha value is -4.71. The molecule has 0 saturated carbocycles. The van der Waals surface area contributed by atoms with Crippen LogP contribution in [0.2, 0.25) is 0 Å². The third kappa shape index (κ3) is 58.2. The molecule has 0 N–H and O–H groups in total. The second-order valence-corrected chi connectivity index (χ2v) is 19.1. The Bertz CT molecular complexity index is 1640. The summed E-state index contributed by atoms with van der Waals surface area (Å²) < 4.78 is 16.8. The second-order valence-electron chi connectivity index (χ2n) is 19.1. The van der Waals surface area contributed by atoms with Crippen LogP contribution in [0.25, 0.3) is 0 Å². The fraction of sp³-hybridized carbons (Fsp3) is 0.603. The van der Waals surface area contributed by atoms with Crippen LogP contribution in [-0.2, 0) is 28.6 Å². The molecule has 1 atom stereocenters. The van der Waals surface area contributed by atoms with E-state index in [-0.39, 0.29) is 31.1 Å². The quantitative estimate of drug-likeness (QED) is 0.0261. The molecule has 0 radical (unpaired) electrons. The molecule has 0 aliphatic rings. The van der Waals surface area contributed by atoms with Crippen molar-refractivity contribution in [2.24, 2.45) is 0 Å². The fourth-order valence-electron chi connectivity index (χ4n) is 7.63. The zero-order chi connectivity index (χ0) is 53.6. The Balaban J connectivity index is 4.51. The highest BCUT2D eigenvalue weighted by Gasteiger charge is 2.19. The lowest BCUT2D eigenvalue weighted by Crippen LogP contribution is -2.30. The minimum Gasteiger partial charge on any atom is -0.462 e. The predicted octanol–water partition coefficient (Wildman–Crippen LogP) is 20.4. The molecular formula is C68H108O6. The van der Waals surface area contributed by atoms with Gasteiger partial charge in [0.2, 0.25) is 0 Å². The lowest BCUT2D eigenvalue weighted by molar-refractivity contribution is -0.167. The number of hydrogen-bond acceptors (Lipinski definition) is 6. The van der Waals surface area contributed by atoms with Crippen LogP contribution in [0, 0.1) is 0 Å². The van der Waals surface area contributed by atoms with E-state index in [2.05, 4.69) is 167 Å². The van der Waals surface area contributed by atoms with Crippen molar-refractivity contribution in [3.8, 4) is 0 Å². The summed E-state index contributed by atoms with van der Waals surface area (Å²) in [4.78, 5) is 38.2. The van der Waals surface area contributed by atoms with E-state index in [0.29, 0.717) is 25.7 Å². The first kappa shape index (κ1) is 69.3. The zero-order valence-electron chi connectivity index (χ0n) is 47.5. The Morgan fingerprint density at radius 1 is 0.284 bits per heavy atom. The van der Waals surface area contributed by atoms with Gasteiger partial charge in [-0.15, -0.1) is 0 Å². The van der Waals surface area contributed by atoms with Crippen molar-refractivity contribution in [2.75, 3.05) is 13.2 Å². The molecular weight excluding hydrogens is 913 g/mol. The van der Waals surface area contributed by atoms with Crippen molar-refractivity contribution in [3.63, 3.8) is 0 Å². The molecule has 0 heterocycles. The van der Waals surface area contributed by atoms with Gasteiger partial charge in [0.1, 0.15) is 13.2 Å². The van der Waals surface area contributed by atoms with Crippen molar-refractivity contribution in [1.29, 1.82) is 0 Å². The normalized spacial score (nSPS) is 13.2. The number of unbranched alkanes of at least 4 members (excludes halogenated alkanes) is 17. The van der Waals surface area contributed by atoms with E-state index in [0.717, 1.165) is 148 Å². The summed E-state index contributed by atoms with van der Waals surface area (Å²) in [5.41, 5.74) is 0. The molecule has 416 valence electrons. The highest BCUT2D eigenvalue weighted by Crippen LogP contribution is 2.14. The molecule has 0 aromatic heterocycles. The fourth-order valence-corrected chi connectivity index (χ4v) is 7.63. The van der Waals surface area contributed by atoms with Gasteiger partial charge in [0.05, 0.1) is 0 Å². The Morgan fingerprint density at radius 2 is 0.527 bits per heavy atom. The lowest BCUT2D eigenvalue weighted by atomic mass is 10.1. The van der Waals surface area contributed by atoms with E-state index in [9.17, 15) is 14.4 Å². The summed E-state index contributed by atoms with van der Waals surface area (Å²) >= 11 is 0. The molecule has 0 saturated heterocycles. The van der Waals surface area contributed by atoms with E-state index in [4.69, 9.17) is 14.2 Å². The van der Waals surface area contributed by atoms with Gasteiger partial charge in [-0.05, 0) is 135 Å². The van der Waals surface area contributed by atoms with Crippen LogP contribution < -0.4 is 0 Å². The highest BCUT2D eigenvalue weighted by molar-refractivity contribution is 5.71. The third-order valence-electron chi connectivity index (χ3n) is 12.1. The second kappa shape index (κ2) is 60.8. The molecule has 0 rings (SSSR count). The molecule has 0 aromatic rings. The van der Waals surface area contributed by atoms with Gasteiger partial charge in [0, 0.05) is 19.3 Å². The maximum Gasteiger partial charge on any atom is 0.306 e. The van der Waals surface area contributed by atoms with E-state index >= 15 is 0 Å². The predicted molar refractivity (Wildman–Crippen MR) is 320 cm³/mol. The minimum absolute atomic E-state index is 0.108. The highest BCUT2D eigenvalue weighted by atomic mass is 16.6. The van der Waals surface area contributed by atoms with Gasteiger partial charge in [-0.2, -0.15) is 0 Å². The molecule has 74 heavy (non-hydrogen) atoms. The van der Waals surface area contributed by atoms with Crippen LogP contribution in [-0.4, -0.2) is 37.2 Å². The van der Waals surface area contributed by atoms with Gasteiger partial charge < -0.3 is 14.2 Å². The minimum atomic E-state index is -0.814. The summed E-state index contributed by atoms with van der Waals surface area (Å²) in [6, 6.07) is 0. The number of carbonyl (C=O) groups is 3. The molecule has 0 spiro atoms. The maximum atomic E-state index is 12.9. The van der Waals surface area contributed by atoms with Gasteiger partial charge >= 0.3 is 17.9 Å². The summed E-state index contributed by atoms with van der Waals surface area (Å²) in [6.07, 6.45) is 86.9. The van der Waals surface area contributed by atoms with Gasteiger partial charge in [0.25, 0.3) is 0 Å². The molecule has 6 nitrogen and oxygen atoms in total. The molecule has 0 aliphatic heterocycles. The molecule has 0 aromatic carbocycles. The molecule has 6 heteroatoms. The average Bonchev–Trinajstić information content (AvgIpc) is 3.40. The Labute approximate surface area is 455 Å². The van der Waals surface area contributed by atoms with E-state index < -0.39 is 6.10 Å². The average molecular weight is 1020 g/mol. The Morgan fingerprint density at radius 3 is 0.851 bits per heavy atom. The largest absolute Gasteiger partial charge is 0.462 e. The molecule has 0 fully saturated rings. The van der Waals surface area contributed by atoms with Crippen molar-refractivity contribution in [3.05, 3.63) is 146 Å². The SMILES string of the molecule is CC/C=C\C/C=C\C/C=C\C/C=C\C/C=C\C/C=C\CCCCC(=O)OCC(COC(=O)CCCCCCC/C=C\C/C=C\CCCC)OC(=O)CCCCCCCCCC/C=C\C/C=C\C/C=C\C/C=C\CC. The monoisotopic (exact) mass is 1020 g/mol. The molecule has 0 aliphatic carbocycles. The zero-order valence-corrected chi connectivity index (χ0v) is 47.5. The van der Waals surface area contributed by atoms with Gasteiger partial charge in [-0.25, -0.2) is 0 Å². The number of allylic oxidation sites excluding steroid dienone is 24. The van der Waals surface area contributed by atoms with Gasteiger partial charge in [0.15, 0.2) is 6.10 Å². The lowest BCUT2D eigenvalue weighted by Gasteiger charge is -2.18. The van der Waals surface area contributed by atoms with Crippen molar-refractivity contribution in [1.82, 2.24) is 0 Å². The number of esters is 3. The van der Waals surface area contributed by atoms with Gasteiger partial charge in [-0.1, -0.05) is 237 Å². The van der Waals surface area contributed by atoms with Crippen molar-refractivity contribution in [2.45, 2.75) is 252 Å². The van der Waals surface area contributed by atoms with Crippen LogP contribution in [0.4, 0.5) is 0 Å². The summed E-state index contributed by atoms with van der Waals surface area (Å²) in [6.45, 7) is 6.31. The van der Waals surface area contributed by atoms with Crippen LogP contribution in [0.5, 0.6) is 0 Å². The first-order chi connectivity index (χ1) is 36.5. The smallest absolute Gasteiger partial charge is 0.306 e. The van der Waals surface area contributed by atoms with Crippen molar-refractivity contribution < 1.29 is 28.6 Å². The first-order valence-corrected chi connectivity index (χ1v) is 29.8.